The number of carboxylic acid groups (broad SMARTS) is 1. The van der Waals surface area contributed by atoms with Crippen molar-refractivity contribution in [3.8, 4) is 0 Å². The summed E-state index contributed by atoms with van der Waals surface area (Å²) in [4.78, 5) is 9.00. The van der Waals surface area contributed by atoms with Gasteiger partial charge in [0, 0.05) is 6.92 Å². The first-order valence-corrected chi connectivity index (χ1v) is 0.928. The second-order valence-corrected chi connectivity index (χ2v) is 0.519. The fourth-order valence-corrected chi connectivity index (χ4v) is 0. The van der Waals surface area contributed by atoms with Crippen LogP contribution in [0.1, 0.15) is 6.92 Å². The quantitative estimate of drug-likeness (QED) is 0.494. The Morgan fingerprint density at radius 1 is 1.57 bits per heavy atom. The van der Waals surface area contributed by atoms with Crippen LogP contribution in [-0.2, 0) is 4.79 Å². The van der Waals surface area contributed by atoms with Crippen molar-refractivity contribution >= 4 is 113 Å². The number of aliphatic carboxylic acids is 1. The average molecular weight is 254 g/mol. The zero-order chi connectivity index (χ0) is 3.58. The van der Waals surface area contributed by atoms with Gasteiger partial charge in [0.05, 0.1) is 0 Å². The van der Waals surface area contributed by atoms with Crippen LogP contribution in [-0.4, -0.2) is 123 Å². The zero-order valence-electron chi connectivity index (χ0n) is 2.86. The first-order chi connectivity index (χ1) is 1.73. The van der Waals surface area contributed by atoms with Crippen LogP contribution in [0.3, 0.4) is 0 Å². The Balaban J connectivity index is -0.0000000150. The molecule has 5 heteroatoms. The monoisotopic (exact) mass is 254 g/mol. The molecular formula is C2H9CaCsO3. The molecule has 0 aromatic rings. The second kappa shape index (κ2) is 15.9. The van der Waals surface area contributed by atoms with Gasteiger partial charge in [-0.3, -0.25) is 4.79 Å². The Morgan fingerprint density at radius 2 is 1.57 bits per heavy atom. The van der Waals surface area contributed by atoms with Crippen LogP contribution in [0.5, 0.6) is 0 Å². The minimum absolute atomic E-state index is 0. The van der Waals surface area contributed by atoms with Crippen LogP contribution in [0.4, 0.5) is 0 Å². The Morgan fingerprint density at radius 3 is 1.57 bits per heavy atom. The van der Waals surface area contributed by atoms with Gasteiger partial charge in [-0.15, -0.1) is 0 Å². The summed E-state index contributed by atoms with van der Waals surface area (Å²) in [5, 5.41) is 7.42. The number of hydrogen-bond donors (Lipinski definition) is 1. The van der Waals surface area contributed by atoms with E-state index in [1.807, 2.05) is 0 Å². The molecule has 0 saturated carbocycles. The van der Waals surface area contributed by atoms with Gasteiger partial charge in [0.2, 0.25) is 0 Å². The summed E-state index contributed by atoms with van der Waals surface area (Å²) in [6.07, 6.45) is 0. The van der Waals surface area contributed by atoms with Crippen LogP contribution < -0.4 is 0 Å². The van der Waals surface area contributed by atoms with Gasteiger partial charge < -0.3 is 10.6 Å². The summed E-state index contributed by atoms with van der Waals surface area (Å²) in [5.41, 5.74) is 0. The molecule has 0 amide bonds. The number of hydrogen-bond acceptors (Lipinski definition) is 1. The zero-order valence-corrected chi connectivity index (χ0v) is 2.86. The SMILES string of the molecule is CC(=O)O.O.[CaH2].[CsH]. The Labute approximate surface area is 131 Å². The molecule has 0 saturated heterocycles. The topological polar surface area (TPSA) is 68.8 Å². The van der Waals surface area contributed by atoms with E-state index in [2.05, 4.69) is 0 Å². The summed E-state index contributed by atoms with van der Waals surface area (Å²) in [7, 11) is 0. The summed E-state index contributed by atoms with van der Waals surface area (Å²) >= 11 is 0. The third-order valence-corrected chi connectivity index (χ3v) is 0. The third-order valence-electron chi connectivity index (χ3n) is 0. The summed E-state index contributed by atoms with van der Waals surface area (Å²) in [6, 6.07) is 0. The van der Waals surface area contributed by atoms with Gasteiger partial charge in [-0.1, -0.05) is 0 Å². The molecule has 0 bridgehead atoms. The van der Waals surface area contributed by atoms with Crippen LogP contribution in [0, 0.1) is 0 Å². The van der Waals surface area contributed by atoms with Gasteiger partial charge in [0.1, 0.15) is 0 Å². The molecule has 0 aromatic carbocycles. The molecule has 0 rings (SSSR count). The maximum atomic E-state index is 9.00. The van der Waals surface area contributed by atoms with E-state index >= 15 is 0 Å². The van der Waals surface area contributed by atoms with Gasteiger partial charge in [-0.05, 0) is 0 Å². The van der Waals surface area contributed by atoms with Crippen molar-refractivity contribution in [3.63, 3.8) is 0 Å². The van der Waals surface area contributed by atoms with Gasteiger partial charge in [-0.25, -0.2) is 0 Å². The van der Waals surface area contributed by atoms with Crippen molar-refractivity contribution in [1.29, 1.82) is 0 Å². The Kier molecular flexibility index (Phi) is 51.3. The molecule has 0 aromatic heterocycles. The predicted molar refractivity (Wildman–Crippen MR) is 32.6 cm³/mol. The van der Waals surface area contributed by atoms with Gasteiger partial charge >= 0.3 is 107 Å². The van der Waals surface area contributed by atoms with E-state index in [0.717, 1.165) is 6.92 Å². The molecule has 3 N–H and O–H groups in total. The number of rotatable bonds is 0. The fourth-order valence-electron chi connectivity index (χ4n) is 0. The van der Waals surface area contributed by atoms with E-state index in [1.165, 1.54) is 0 Å². The van der Waals surface area contributed by atoms with Gasteiger partial charge in [0.15, 0.2) is 0 Å². The van der Waals surface area contributed by atoms with Gasteiger partial charge in [0.25, 0.3) is 5.97 Å². The van der Waals surface area contributed by atoms with E-state index in [4.69, 9.17) is 9.90 Å². The molecule has 0 fully saturated rings. The standard InChI is InChI=1S/C2H4O2.Ca.Cs.H2O.3H/c1-2(3)4;;;;;;/h1H3,(H,3,4);;;1H2;;;. The third kappa shape index (κ3) is 52.9. The normalized spacial score (nSPS) is 3.57. The van der Waals surface area contributed by atoms with Crippen LogP contribution in [0.2, 0.25) is 0 Å². The minimum atomic E-state index is -0.833. The van der Waals surface area contributed by atoms with Crippen LogP contribution >= 0.6 is 0 Å². The molecule has 0 unspecified atom stereocenters. The van der Waals surface area contributed by atoms with Crippen molar-refractivity contribution in [2.75, 3.05) is 0 Å². The van der Waals surface area contributed by atoms with Crippen molar-refractivity contribution in [2.45, 2.75) is 6.92 Å². The molecule has 3 nitrogen and oxygen atoms in total. The number of carbonyl (C=O) groups is 1. The van der Waals surface area contributed by atoms with Crippen molar-refractivity contribution < 1.29 is 15.4 Å². The molecule has 0 heterocycles. The predicted octanol–water partition coefficient (Wildman–Crippen LogP) is -2.30. The summed E-state index contributed by atoms with van der Waals surface area (Å²) in [5.74, 6) is -0.833. The van der Waals surface area contributed by atoms with E-state index < -0.39 is 5.97 Å². The Bertz CT molecular complexity index is 35.9. The van der Waals surface area contributed by atoms with Crippen molar-refractivity contribution in [3.05, 3.63) is 0 Å². The molecule has 0 radical (unpaired) electrons. The van der Waals surface area contributed by atoms with Crippen LogP contribution in [0.25, 0.3) is 0 Å². The first-order valence-electron chi connectivity index (χ1n) is 0.928. The van der Waals surface area contributed by atoms with E-state index in [9.17, 15) is 0 Å². The molecule has 7 heavy (non-hydrogen) atoms. The van der Waals surface area contributed by atoms with E-state index in [-0.39, 0.29) is 112 Å². The molecule has 0 aliphatic rings. The molecular weight excluding hydrogens is 245 g/mol. The molecule has 0 spiro atoms. The maximum absolute atomic E-state index is 9.00. The molecule has 0 atom stereocenters. The van der Waals surface area contributed by atoms with Crippen molar-refractivity contribution in [1.82, 2.24) is 0 Å². The Hall–Kier alpha value is 2.74. The van der Waals surface area contributed by atoms with Crippen LogP contribution in [0.15, 0.2) is 0 Å². The van der Waals surface area contributed by atoms with Gasteiger partial charge in [-0.2, -0.15) is 0 Å². The molecule has 0 aliphatic heterocycles. The van der Waals surface area contributed by atoms with E-state index in [0.29, 0.717) is 0 Å². The first kappa shape index (κ1) is 22.6. The fraction of sp³-hybridized carbons (Fsp3) is 0.500. The summed E-state index contributed by atoms with van der Waals surface area (Å²) in [6.45, 7) is 1.08. The average Bonchev–Trinajstić information content (AvgIpc) is 0.811. The summed E-state index contributed by atoms with van der Waals surface area (Å²) < 4.78 is 0. The molecule has 38 valence electrons. The second-order valence-electron chi connectivity index (χ2n) is 0.519. The number of carboxylic acids is 1. The molecule has 0 aliphatic carbocycles. The van der Waals surface area contributed by atoms with Crippen molar-refractivity contribution in [2.24, 2.45) is 0 Å². The van der Waals surface area contributed by atoms with E-state index in [1.54, 1.807) is 0 Å².